The van der Waals surface area contributed by atoms with Crippen molar-refractivity contribution in [3.05, 3.63) is 46.0 Å². The summed E-state index contributed by atoms with van der Waals surface area (Å²) in [5.74, 6) is -0.937. The van der Waals surface area contributed by atoms with E-state index in [0.29, 0.717) is 40.0 Å². The average molecular weight is 432 g/mol. The molecule has 0 amide bonds. The summed E-state index contributed by atoms with van der Waals surface area (Å²) >= 11 is 12.2. The fraction of sp³-hybridized carbons (Fsp3) is 0.500. The third-order valence-corrected chi connectivity index (χ3v) is 4.87. The highest BCUT2D eigenvalue weighted by Gasteiger charge is 2.27. The van der Waals surface area contributed by atoms with E-state index in [-0.39, 0.29) is 0 Å². The molecular formula is C20H27Cl2NO5. The summed E-state index contributed by atoms with van der Waals surface area (Å²) < 4.78 is 5.84. The standard InChI is InChI=1S/C16H23Cl2NO.C4H4O4/c1-11(2)9-20-10-13-8-19-6-5-14(13)12-3-4-15(17)16(18)7-12;5-3(6)1-2-4(7)8/h3-4,7,11,13-14,19H,5-6,8-10H2,1-2H3;1-2H,(H,5,6)(H,7,8)/b;2-1+/t13-,14+;/m1./s1. The van der Waals surface area contributed by atoms with Crippen molar-refractivity contribution in [1.29, 1.82) is 0 Å². The van der Waals surface area contributed by atoms with Gasteiger partial charge >= 0.3 is 11.9 Å². The quantitative estimate of drug-likeness (QED) is 0.563. The van der Waals surface area contributed by atoms with Gasteiger partial charge in [0.2, 0.25) is 0 Å². The van der Waals surface area contributed by atoms with Crippen LogP contribution in [0.1, 0.15) is 31.7 Å². The van der Waals surface area contributed by atoms with E-state index < -0.39 is 11.9 Å². The Morgan fingerprint density at radius 1 is 1.21 bits per heavy atom. The Hall–Kier alpha value is -1.60. The Kier molecular flexibility index (Phi) is 11.2. The molecule has 1 saturated heterocycles. The van der Waals surface area contributed by atoms with Crippen LogP contribution in [0.3, 0.4) is 0 Å². The maximum atomic E-state index is 9.55. The van der Waals surface area contributed by atoms with E-state index in [1.165, 1.54) is 5.56 Å². The maximum absolute atomic E-state index is 9.55. The van der Waals surface area contributed by atoms with Crippen LogP contribution in [-0.2, 0) is 14.3 Å². The molecule has 3 N–H and O–H groups in total. The van der Waals surface area contributed by atoms with E-state index in [1.54, 1.807) is 0 Å². The van der Waals surface area contributed by atoms with Gasteiger partial charge in [0.1, 0.15) is 0 Å². The van der Waals surface area contributed by atoms with Crippen molar-refractivity contribution in [2.75, 3.05) is 26.3 Å². The minimum Gasteiger partial charge on any atom is -0.478 e. The molecule has 1 aliphatic heterocycles. The molecule has 8 heteroatoms. The Morgan fingerprint density at radius 2 is 1.86 bits per heavy atom. The lowest BCUT2D eigenvalue weighted by atomic mass is 9.81. The van der Waals surface area contributed by atoms with Crippen LogP contribution in [0.25, 0.3) is 0 Å². The predicted octanol–water partition coefficient (Wildman–Crippen LogP) is 4.07. The first kappa shape index (κ1) is 24.4. The zero-order chi connectivity index (χ0) is 21.1. The summed E-state index contributed by atoms with van der Waals surface area (Å²) in [6.07, 6.45) is 2.23. The number of halogens is 2. The van der Waals surface area contributed by atoms with Crippen molar-refractivity contribution in [3.8, 4) is 0 Å². The highest BCUT2D eigenvalue weighted by atomic mass is 35.5. The van der Waals surface area contributed by atoms with Crippen molar-refractivity contribution < 1.29 is 24.5 Å². The molecule has 2 rings (SSSR count). The molecule has 0 spiro atoms. The number of hydrogen-bond donors (Lipinski definition) is 3. The van der Waals surface area contributed by atoms with Gasteiger partial charge in [-0.15, -0.1) is 0 Å². The van der Waals surface area contributed by atoms with Crippen LogP contribution < -0.4 is 5.32 Å². The van der Waals surface area contributed by atoms with Crippen LogP contribution in [-0.4, -0.2) is 48.5 Å². The van der Waals surface area contributed by atoms with E-state index >= 15 is 0 Å². The van der Waals surface area contributed by atoms with Gasteiger partial charge in [0.25, 0.3) is 0 Å². The highest BCUT2D eigenvalue weighted by Crippen LogP contribution is 2.34. The fourth-order valence-corrected chi connectivity index (χ4v) is 3.18. The molecule has 0 saturated carbocycles. The zero-order valence-electron chi connectivity index (χ0n) is 16.0. The topological polar surface area (TPSA) is 95.9 Å². The molecule has 1 fully saturated rings. The first-order chi connectivity index (χ1) is 13.2. The second kappa shape index (κ2) is 12.8. The Balaban J connectivity index is 0.000000416. The molecule has 156 valence electrons. The molecule has 28 heavy (non-hydrogen) atoms. The molecule has 0 radical (unpaired) electrons. The minimum absolute atomic E-state index is 0.498. The van der Waals surface area contributed by atoms with Crippen LogP contribution in [0, 0.1) is 11.8 Å². The predicted molar refractivity (Wildman–Crippen MR) is 110 cm³/mol. The summed E-state index contributed by atoms with van der Waals surface area (Å²) in [5, 5.41) is 20.3. The number of aliphatic carboxylic acids is 2. The number of carboxylic acid groups (broad SMARTS) is 2. The second-order valence-electron chi connectivity index (χ2n) is 6.97. The number of benzene rings is 1. The third-order valence-electron chi connectivity index (χ3n) is 4.13. The Morgan fingerprint density at radius 3 is 2.39 bits per heavy atom. The van der Waals surface area contributed by atoms with Crippen LogP contribution in [0.4, 0.5) is 0 Å². The molecule has 1 aromatic carbocycles. The molecule has 0 unspecified atom stereocenters. The monoisotopic (exact) mass is 431 g/mol. The highest BCUT2D eigenvalue weighted by molar-refractivity contribution is 6.42. The zero-order valence-corrected chi connectivity index (χ0v) is 17.5. The van der Waals surface area contributed by atoms with Crippen LogP contribution in [0.2, 0.25) is 10.0 Å². The van der Waals surface area contributed by atoms with E-state index in [4.69, 9.17) is 38.2 Å². The van der Waals surface area contributed by atoms with Crippen molar-refractivity contribution in [2.24, 2.45) is 11.8 Å². The maximum Gasteiger partial charge on any atom is 0.328 e. The van der Waals surface area contributed by atoms with Gasteiger partial charge in [0, 0.05) is 31.2 Å². The third kappa shape index (κ3) is 9.55. The lowest BCUT2D eigenvalue weighted by molar-refractivity contribution is -0.134. The normalized spacial score (nSPS) is 19.3. The summed E-state index contributed by atoms with van der Waals surface area (Å²) in [6.45, 7) is 8.03. The van der Waals surface area contributed by atoms with Crippen molar-refractivity contribution >= 4 is 35.1 Å². The van der Waals surface area contributed by atoms with Gasteiger partial charge in [0.05, 0.1) is 16.7 Å². The van der Waals surface area contributed by atoms with E-state index in [9.17, 15) is 9.59 Å². The Bertz CT molecular complexity index is 663. The number of carboxylic acids is 2. The van der Waals surface area contributed by atoms with E-state index in [0.717, 1.165) is 32.7 Å². The number of nitrogens with one attached hydrogen (secondary N) is 1. The van der Waals surface area contributed by atoms with Crippen LogP contribution in [0.15, 0.2) is 30.4 Å². The number of hydrogen-bond acceptors (Lipinski definition) is 4. The molecule has 0 bridgehead atoms. The van der Waals surface area contributed by atoms with Gasteiger partial charge in [-0.2, -0.15) is 0 Å². The first-order valence-electron chi connectivity index (χ1n) is 9.08. The average Bonchev–Trinajstić information content (AvgIpc) is 2.63. The number of carbonyl (C=O) groups is 2. The molecule has 1 aliphatic rings. The fourth-order valence-electron chi connectivity index (χ4n) is 2.88. The molecule has 1 aromatic rings. The smallest absolute Gasteiger partial charge is 0.328 e. The minimum atomic E-state index is -1.26. The lowest BCUT2D eigenvalue weighted by Gasteiger charge is -2.32. The summed E-state index contributed by atoms with van der Waals surface area (Å²) in [7, 11) is 0. The van der Waals surface area contributed by atoms with E-state index in [1.807, 2.05) is 12.1 Å². The molecular weight excluding hydrogens is 405 g/mol. The Labute approximate surface area is 175 Å². The summed E-state index contributed by atoms with van der Waals surface area (Å²) in [6, 6.07) is 6.00. The van der Waals surface area contributed by atoms with Gasteiger partial charge in [-0.1, -0.05) is 43.1 Å². The van der Waals surface area contributed by atoms with Gasteiger partial charge in [-0.05, 0) is 42.5 Å². The summed E-state index contributed by atoms with van der Waals surface area (Å²) in [5.41, 5.74) is 1.28. The van der Waals surface area contributed by atoms with Crippen molar-refractivity contribution in [1.82, 2.24) is 5.32 Å². The lowest BCUT2D eigenvalue weighted by Crippen LogP contribution is -2.38. The van der Waals surface area contributed by atoms with E-state index in [2.05, 4.69) is 25.2 Å². The number of ether oxygens (including phenoxy) is 1. The van der Waals surface area contributed by atoms with Gasteiger partial charge in [-0.25, -0.2) is 9.59 Å². The largest absolute Gasteiger partial charge is 0.478 e. The number of rotatable bonds is 7. The molecule has 6 nitrogen and oxygen atoms in total. The summed E-state index contributed by atoms with van der Waals surface area (Å²) in [4.78, 5) is 19.1. The second-order valence-corrected chi connectivity index (χ2v) is 7.79. The van der Waals surface area contributed by atoms with Gasteiger partial charge in [-0.3, -0.25) is 0 Å². The molecule has 0 aromatic heterocycles. The first-order valence-corrected chi connectivity index (χ1v) is 9.83. The van der Waals surface area contributed by atoms with Crippen molar-refractivity contribution in [2.45, 2.75) is 26.2 Å². The van der Waals surface area contributed by atoms with Gasteiger partial charge in [0.15, 0.2) is 0 Å². The molecule has 0 aliphatic carbocycles. The molecule has 1 heterocycles. The van der Waals surface area contributed by atoms with Gasteiger partial charge < -0.3 is 20.3 Å². The molecule has 2 atom stereocenters. The van der Waals surface area contributed by atoms with Crippen molar-refractivity contribution in [3.63, 3.8) is 0 Å². The van der Waals surface area contributed by atoms with Crippen LogP contribution in [0.5, 0.6) is 0 Å². The number of piperidine rings is 1. The van der Waals surface area contributed by atoms with Crippen LogP contribution >= 0.6 is 23.2 Å². The SMILES string of the molecule is CC(C)COC[C@H]1CNCC[C@H]1c1ccc(Cl)c(Cl)c1.O=C(O)/C=C/C(=O)O.